The number of pyridine rings is 1. The van der Waals surface area contributed by atoms with Gasteiger partial charge in [-0.2, -0.15) is 11.3 Å². The molecule has 0 fully saturated rings. The molecule has 0 amide bonds. The summed E-state index contributed by atoms with van der Waals surface area (Å²) in [4.78, 5) is 18.4. The minimum atomic E-state index is -0.337. The van der Waals surface area contributed by atoms with Crippen molar-refractivity contribution >= 4 is 80.1 Å². The molecule has 0 aliphatic rings. The van der Waals surface area contributed by atoms with Crippen molar-refractivity contribution in [2.24, 2.45) is 10.8 Å². The first-order valence-electron chi connectivity index (χ1n) is 16.8. The fourth-order valence-electron chi connectivity index (χ4n) is 5.97. The molecule has 48 heavy (non-hydrogen) atoms. The molecule has 6 rings (SSSR count). The molecule has 6 aromatic rings. The zero-order valence-corrected chi connectivity index (χ0v) is 34.7. The number of hydrogen-bond acceptors (Lipinski definition) is 6. The first-order chi connectivity index (χ1) is 22.2. The van der Waals surface area contributed by atoms with E-state index in [0.717, 1.165) is 36.9 Å². The number of aryl methyl sites for hydroxylation is 1. The smallest absolute Gasteiger partial charge is 0.164 e. The maximum absolute atomic E-state index is 12.2. The van der Waals surface area contributed by atoms with Gasteiger partial charge in [-0.15, -0.1) is 46.3 Å². The Kier molecular flexibility index (Phi) is 11.9. The van der Waals surface area contributed by atoms with Crippen molar-refractivity contribution in [2.45, 2.75) is 100 Å². The molecule has 0 aliphatic heterocycles. The number of carbonyl (C=O) groups excluding carboxylic acids is 1. The third-order valence-corrected chi connectivity index (χ3v) is 13.5. The summed E-state index contributed by atoms with van der Waals surface area (Å²) >= 11 is 5.55. The Bertz CT molecular complexity index is 2100. The van der Waals surface area contributed by atoms with E-state index < -0.39 is 0 Å². The van der Waals surface area contributed by atoms with Gasteiger partial charge in [0, 0.05) is 78.7 Å². The van der Waals surface area contributed by atoms with Crippen molar-refractivity contribution < 1.29 is 30.0 Å². The van der Waals surface area contributed by atoms with Crippen LogP contribution in [0.4, 0.5) is 0 Å². The van der Waals surface area contributed by atoms with Crippen molar-refractivity contribution in [3.8, 4) is 11.3 Å². The number of carbonyl (C=O) groups is 1. The Balaban J connectivity index is 0.000000251. The Labute approximate surface area is 311 Å². The van der Waals surface area contributed by atoms with E-state index in [1.165, 1.54) is 56.9 Å². The number of thiophene rings is 3. The van der Waals surface area contributed by atoms with Gasteiger partial charge in [-0.25, -0.2) is 0 Å². The predicted octanol–water partition coefficient (Wildman–Crippen LogP) is 13.6. The predicted molar refractivity (Wildman–Crippen MR) is 209 cm³/mol. The molecule has 257 valence electrons. The van der Waals surface area contributed by atoms with Crippen LogP contribution in [0.2, 0.25) is 0 Å². The normalized spacial score (nSPS) is 12.8. The molecule has 0 bridgehead atoms. The van der Waals surface area contributed by atoms with E-state index in [4.69, 9.17) is 4.98 Å². The number of allylic oxidation sites excluding steroid dienone is 2. The molecule has 1 N–H and O–H groups in total. The van der Waals surface area contributed by atoms with Crippen molar-refractivity contribution in [1.82, 2.24) is 4.98 Å². The summed E-state index contributed by atoms with van der Waals surface area (Å²) in [6, 6.07) is 17.2. The second-order valence-electron chi connectivity index (χ2n) is 14.3. The number of hydrogen-bond donors (Lipinski definition) is 1. The number of aliphatic hydroxyl groups excluding tert-OH is 1. The minimum absolute atomic E-state index is 0. The van der Waals surface area contributed by atoms with Crippen molar-refractivity contribution in [2.75, 3.05) is 0 Å². The van der Waals surface area contributed by atoms with Crippen LogP contribution in [-0.2, 0) is 30.3 Å². The molecular weight excluding hydrogens is 827 g/mol. The second kappa shape index (κ2) is 14.8. The van der Waals surface area contributed by atoms with Crippen molar-refractivity contribution in [1.29, 1.82) is 0 Å². The summed E-state index contributed by atoms with van der Waals surface area (Å²) in [6.07, 6.45) is 6.71. The molecule has 4 aromatic heterocycles. The van der Waals surface area contributed by atoms with E-state index in [2.05, 4.69) is 75.5 Å². The van der Waals surface area contributed by atoms with Crippen LogP contribution in [0.25, 0.3) is 51.6 Å². The monoisotopic (exact) mass is 875 g/mol. The maximum atomic E-state index is 12.2. The van der Waals surface area contributed by atoms with Gasteiger partial charge in [-0.1, -0.05) is 79.5 Å². The topological polar surface area (TPSA) is 50.2 Å². The van der Waals surface area contributed by atoms with Gasteiger partial charge in [0.25, 0.3) is 0 Å². The van der Waals surface area contributed by atoms with Crippen LogP contribution in [0.5, 0.6) is 0 Å². The van der Waals surface area contributed by atoms with E-state index in [1.807, 2.05) is 81.7 Å². The first kappa shape index (κ1) is 38.4. The fourth-order valence-corrected chi connectivity index (χ4v) is 9.36. The maximum Gasteiger partial charge on any atom is 0.164 e. The van der Waals surface area contributed by atoms with E-state index in [1.54, 1.807) is 0 Å². The van der Waals surface area contributed by atoms with Crippen LogP contribution in [0.15, 0.2) is 59.8 Å². The van der Waals surface area contributed by atoms with Gasteiger partial charge in [0.2, 0.25) is 0 Å². The van der Waals surface area contributed by atoms with E-state index in [-0.39, 0.29) is 47.9 Å². The summed E-state index contributed by atoms with van der Waals surface area (Å²) in [5.74, 6) is 0.286. The van der Waals surface area contributed by atoms with E-state index >= 15 is 0 Å². The molecule has 0 aliphatic carbocycles. The van der Waals surface area contributed by atoms with Gasteiger partial charge in [0.05, 0.1) is 0 Å². The van der Waals surface area contributed by atoms with Gasteiger partial charge < -0.3 is 5.11 Å². The summed E-state index contributed by atoms with van der Waals surface area (Å²) in [6.45, 7) is 21.1. The largest absolute Gasteiger partial charge is 0.512 e. The van der Waals surface area contributed by atoms with Crippen molar-refractivity contribution in [3.05, 3.63) is 76.3 Å². The average Bonchev–Trinajstić information content (AvgIpc) is 3.79. The number of benzene rings is 2. The summed E-state index contributed by atoms with van der Waals surface area (Å²) < 4.78 is 5.33. The Morgan fingerprint density at radius 3 is 2.10 bits per heavy atom. The molecular formula is C41H48IrNO2S3-. The summed E-state index contributed by atoms with van der Waals surface area (Å²) in [7, 11) is 0. The van der Waals surface area contributed by atoms with E-state index in [9.17, 15) is 9.90 Å². The molecule has 4 heterocycles. The van der Waals surface area contributed by atoms with Gasteiger partial charge >= 0.3 is 0 Å². The fraction of sp³-hybridized carbons (Fsp3) is 0.415. The molecule has 0 spiro atoms. The van der Waals surface area contributed by atoms with Gasteiger partial charge in [0.1, 0.15) is 5.76 Å². The zero-order valence-electron chi connectivity index (χ0n) is 29.9. The van der Waals surface area contributed by atoms with Crippen molar-refractivity contribution in [3.63, 3.8) is 0 Å². The Hall–Kier alpha value is -2.41. The molecule has 1 radical (unpaired) electrons. The van der Waals surface area contributed by atoms with Crippen LogP contribution in [0, 0.1) is 23.8 Å². The first-order valence-corrected chi connectivity index (χ1v) is 19.3. The molecule has 2 aromatic carbocycles. The Morgan fingerprint density at radius 2 is 1.48 bits per heavy atom. The summed E-state index contributed by atoms with van der Waals surface area (Å²) in [5.41, 5.74) is 2.99. The van der Waals surface area contributed by atoms with Gasteiger partial charge in [0.15, 0.2) is 5.78 Å². The molecule has 0 saturated heterocycles. The minimum Gasteiger partial charge on any atom is -0.512 e. The number of rotatable bonds is 8. The average molecular weight is 875 g/mol. The van der Waals surface area contributed by atoms with Gasteiger partial charge in [-0.05, 0) is 71.7 Å². The second-order valence-corrected chi connectivity index (χ2v) is 17.5. The zero-order chi connectivity index (χ0) is 34.3. The standard InChI is InChI=1S/C26H20NS3.C15H28O2.Ir/c1-14-11-19-21(29-14)6-5-17-18-7-9-27-22(25(18)30-24(17)19)16-12-15-8-10-28-23(15)20(13-16)26(2,3)4;1-7-14(5,8-2)12(16)11-13(17)15(6,9-3)10-4;/h5-11,13H,1-4H3;11,16H,7-10H2,1-6H3;/q-1;;/b;12-11-;. The number of aromatic nitrogens is 1. The third-order valence-electron chi connectivity index (χ3n) is 10.3. The number of fused-ring (bicyclic) bond motifs is 6. The number of nitrogens with zero attached hydrogens (tertiary/aromatic N) is 1. The SMILES string of the molecule is CCC(C)(CC)C(=O)/C=C(\O)C(C)(CC)CC.Cc1cc2c(ccc3c4ccnc(-c5[c-]c6ccsc6c(C(C)(C)C)c5)c4sc23)s1.[Ir]. The van der Waals surface area contributed by atoms with Crippen LogP contribution < -0.4 is 0 Å². The third kappa shape index (κ3) is 7.23. The number of aliphatic hydroxyl groups is 1. The van der Waals surface area contributed by atoms with Crippen LogP contribution in [0.3, 0.4) is 0 Å². The number of ketones is 1. The molecule has 7 heteroatoms. The quantitative estimate of drug-likeness (QED) is 0.0941. The molecule has 0 unspecified atom stereocenters. The van der Waals surface area contributed by atoms with Crippen LogP contribution >= 0.6 is 34.0 Å². The van der Waals surface area contributed by atoms with Crippen LogP contribution in [-0.4, -0.2) is 15.9 Å². The molecule has 3 nitrogen and oxygen atoms in total. The van der Waals surface area contributed by atoms with Gasteiger partial charge in [-0.3, -0.25) is 9.78 Å². The Morgan fingerprint density at radius 1 is 0.833 bits per heavy atom. The van der Waals surface area contributed by atoms with Crippen LogP contribution in [0.1, 0.15) is 98.4 Å². The molecule has 0 atom stereocenters. The molecule has 0 saturated carbocycles. The summed E-state index contributed by atoms with van der Waals surface area (Å²) in [5, 5.41) is 17.5. The van der Waals surface area contributed by atoms with E-state index in [0.29, 0.717) is 0 Å².